The summed E-state index contributed by atoms with van der Waals surface area (Å²) in [7, 11) is -4.14. The summed E-state index contributed by atoms with van der Waals surface area (Å²) in [5.41, 5.74) is 1.29. The third kappa shape index (κ3) is 4.72. The molecule has 0 saturated carbocycles. The van der Waals surface area contributed by atoms with Crippen LogP contribution in [-0.4, -0.2) is 19.3 Å². The molecule has 0 aliphatic carbocycles. The van der Waals surface area contributed by atoms with Crippen LogP contribution in [0.4, 0.5) is 10.1 Å². The van der Waals surface area contributed by atoms with Crippen LogP contribution in [0.25, 0.3) is 11.1 Å². The average molecular weight is 420 g/mol. The summed E-state index contributed by atoms with van der Waals surface area (Å²) in [5, 5.41) is 8.37. The van der Waals surface area contributed by atoms with E-state index in [-0.39, 0.29) is 34.0 Å². The van der Waals surface area contributed by atoms with Crippen molar-refractivity contribution in [2.45, 2.75) is 11.3 Å². The van der Waals surface area contributed by atoms with Gasteiger partial charge in [0.1, 0.15) is 5.82 Å². The molecule has 0 aliphatic rings. The third-order valence-corrected chi connectivity index (χ3v) is 5.22. The number of aromatic nitrogens is 1. The zero-order valence-electron chi connectivity index (χ0n) is 14.4. The molecule has 0 saturated heterocycles. The predicted molar refractivity (Wildman–Crippen MR) is 105 cm³/mol. The Labute approximate surface area is 166 Å². The number of primary sulfonamides is 1. The number of amides is 1. The Balaban J connectivity index is 1.91. The molecular formula is C19H15ClFN3O3S. The lowest BCUT2D eigenvalue weighted by Crippen LogP contribution is -2.17. The summed E-state index contributed by atoms with van der Waals surface area (Å²) in [4.78, 5) is 15.7. The van der Waals surface area contributed by atoms with Crippen LogP contribution in [0.15, 0.2) is 65.8 Å². The van der Waals surface area contributed by atoms with Crippen molar-refractivity contribution in [3.63, 3.8) is 0 Å². The summed E-state index contributed by atoms with van der Waals surface area (Å²) in [6, 6.07) is 12.2. The van der Waals surface area contributed by atoms with E-state index in [1.165, 1.54) is 24.4 Å². The van der Waals surface area contributed by atoms with E-state index in [0.717, 1.165) is 12.3 Å². The van der Waals surface area contributed by atoms with Gasteiger partial charge in [0.15, 0.2) is 0 Å². The van der Waals surface area contributed by atoms with Gasteiger partial charge in [0.05, 0.1) is 17.5 Å². The fourth-order valence-corrected chi connectivity index (χ4v) is 3.64. The quantitative estimate of drug-likeness (QED) is 0.661. The Kier molecular flexibility index (Phi) is 5.73. The van der Waals surface area contributed by atoms with Crippen molar-refractivity contribution in [3.8, 4) is 11.1 Å². The van der Waals surface area contributed by atoms with Crippen molar-refractivity contribution in [2.75, 3.05) is 5.32 Å². The molecule has 6 nitrogen and oxygen atoms in total. The van der Waals surface area contributed by atoms with E-state index in [0.29, 0.717) is 10.6 Å². The van der Waals surface area contributed by atoms with Crippen LogP contribution < -0.4 is 10.5 Å². The van der Waals surface area contributed by atoms with Gasteiger partial charge in [-0.05, 0) is 29.8 Å². The van der Waals surface area contributed by atoms with Crippen LogP contribution >= 0.6 is 11.6 Å². The number of nitrogens with zero attached hydrogens (tertiary/aromatic N) is 1. The van der Waals surface area contributed by atoms with Gasteiger partial charge < -0.3 is 5.32 Å². The fourth-order valence-electron chi connectivity index (χ4n) is 2.65. The maximum atomic E-state index is 13.5. The predicted octanol–water partition coefficient (Wildman–Crippen LogP) is 3.37. The number of carbonyl (C=O) groups excluding carboxylic acids is 1. The average Bonchev–Trinajstić information content (AvgIpc) is 2.63. The van der Waals surface area contributed by atoms with Crippen molar-refractivity contribution in [2.24, 2.45) is 5.14 Å². The van der Waals surface area contributed by atoms with Crippen molar-refractivity contribution < 1.29 is 17.6 Å². The summed E-state index contributed by atoms with van der Waals surface area (Å²) in [6.45, 7) is 0. The normalized spacial score (nSPS) is 11.2. The molecule has 3 rings (SSSR count). The Bertz CT molecular complexity index is 1150. The summed E-state index contributed by atoms with van der Waals surface area (Å²) < 4.78 is 37.5. The molecule has 144 valence electrons. The molecule has 1 amide bonds. The van der Waals surface area contributed by atoms with E-state index < -0.39 is 15.8 Å². The zero-order chi connectivity index (χ0) is 20.3. The number of anilines is 1. The number of benzene rings is 2. The molecule has 1 heterocycles. The smallest absolute Gasteiger partial charge is 0.238 e. The molecule has 3 N–H and O–H groups in total. The van der Waals surface area contributed by atoms with Crippen molar-refractivity contribution in [1.82, 2.24) is 4.98 Å². The van der Waals surface area contributed by atoms with Gasteiger partial charge in [-0.1, -0.05) is 35.9 Å². The Morgan fingerprint density at radius 1 is 1.14 bits per heavy atom. The number of sulfonamides is 1. The van der Waals surface area contributed by atoms with Gasteiger partial charge in [-0.15, -0.1) is 0 Å². The lowest BCUT2D eigenvalue weighted by Gasteiger charge is -2.12. The molecule has 28 heavy (non-hydrogen) atoms. The molecule has 0 fully saturated rings. The van der Waals surface area contributed by atoms with E-state index in [4.69, 9.17) is 16.7 Å². The van der Waals surface area contributed by atoms with Crippen LogP contribution in [0, 0.1) is 5.82 Å². The van der Waals surface area contributed by atoms with Crippen molar-refractivity contribution >= 4 is 33.2 Å². The first-order valence-electron chi connectivity index (χ1n) is 8.05. The number of rotatable bonds is 5. The molecule has 9 heteroatoms. The molecule has 0 radical (unpaired) electrons. The molecule has 0 unspecified atom stereocenters. The second-order valence-electron chi connectivity index (χ2n) is 5.96. The van der Waals surface area contributed by atoms with E-state index >= 15 is 0 Å². The highest BCUT2D eigenvalue weighted by molar-refractivity contribution is 7.89. The van der Waals surface area contributed by atoms with E-state index in [9.17, 15) is 17.6 Å². The molecule has 0 spiro atoms. The fraction of sp³-hybridized carbons (Fsp3) is 0.0526. The van der Waals surface area contributed by atoms with Crippen molar-refractivity contribution in [3.05, 3.63) is 77.3 Å². The van der Waals surface area contributed by atoms with Gasteiger partial charge in [-0.2, -0.15) is 0 Å². The number of hydrogen-bond donors (Lipinski definition) is 2. The van der Waals surface area contributed by atoms with Crippen LogP contribution in [0.5, 0.6) is 0 Å². The van der Waals surface area contributed by atoms with Gasteiger partial charge in [0, 0.05) is 28.0 Å². The standard InChI is InChI=1S/C19H15ClFN3O3S/c20-17-4-2-1-3-12(17)8-19(25)24-15-5-6-16(18(9-15)28(22,26)27)13-7-14(21)11-23-10-13/h1-7,9-11H,8H2,(H,24,25)(H2,22,26,27). The summed E-state index contributed by atoms with van der Waals surface area (Å²) in [6.07, 6.45) is 2.34. The highest BCUT2D eigenvalue weighted by Gasteiger charge is 2.18. The van der Waals surface area contributed by atoms with Crippen LogP contribution in [0.3, 0.4) is 0 Å². The molecule has 0 atom stereocenters. The second kappa shape index (κ2) is 8.05. The van der Waals surface area contributed by atoms with Gasteiger partial charge in [0.2, 0.25) is 15.9 Å². The number of carbonyl (C=O) groups is 1. The van der Waals surface area contributed by atoms with Crippen LogP contribution in [0.1, 0.15) is 5.56 Å². The lowest BCUT2D eigenvalue weighted by molar-refractivity contribution is -0.115. The SMILES string of the molecule is NS(=O)(=O)c1cc(NC(=O)Cc2ccccc2Cl)ccc1-c1cncc(F)c1. The first-order chi connectivity index (χ1) is 13.2. The maximum Gasteiger partial charge on any atom is 0.238 e. The largest absolute Gasteiger partial charge is 0.326 e. The minimum absolute atomic E-state index is 0.0138. The first-order valence-corrected chi connectivity index (χ1v) is 9.97. The van der Waals surface area contributed by atoms with E-state index in [2.05, 4.69) is 10.3 Å². The van der Waals surface area contributed by atoms with Gasteiger partial charge >= 0.3 is 0 Å². The minimum Gasteiger partial charge on any atom is -0.326 e. The molecule has 2 aromatic carbocycles. The Morgan fingerprint density at radius 2 is 1.89 bits per heavy atom. The maximum absolute atomic E-state index is 13.5. The lowest BCUT2D eigenvalue weighted by atomic mass is 10.1. The number of nitrogens with one attached hydrogen (secondary N) is 1. The van der Waals surface area contributed by atoms with E-state index in [1.807, 2.05) is 0 Å². The summed E-state index contributed by atoms with van der Waals surface area (Å²) >= 11 is 6.05. The number of nitrogens with two attached hydrogens (primary N) is 1. The topological polar surface area (TPSA) is 102 Å². The first kappa shape index (κ1) is 19.9. The van der Waals surface area contributed by atoms with Crippen LogP contribution in [0.2, 0.25) is 5.02 Å². The highest BCUT2D eigenvalue weighted by Crippen LogP contribution is 2.29. The third-order valence-electron chi connectivity index (χ3n) is 3.90. The monoisotopic (exact) mass is 419 g/mol. The highest BCUT2D eigenvalue weighted by atomic mass is 35.5. The number of hydrogen-bond acceptors (Lipinski definition) is 4. The molecule has 3 aromatic rings. The Morgan fingerprint density at radius 3 is 2.57 bits per heavy atom. The molecule has 1 aromatic heterocycles. The molecule has 0 bridgehead atoms. The van der Waals surface area contributed by atoms with Gasteiger partial charge in [0.25, 0.3) is 0 Å². The minimum atomic E-state index is -4.14. The van der Waals surface area contributed by atoms with Crippen molar-refractivity contribution in [1.29, 1.82) is 0 Å². The number of halogens is 2. The number of pyridine rings is 1. The van der Waals surface area contributed by atoms with Gasteiger partial charge in [-0.3, -0.25) is 9.78 Å². The Hall–Kier alpha value is -2.81. The van der Waals surface area contributed by atoms with E-state index in [1.54, 1.807) is 24.3 Å². The second-order valence-corrected chi connectivity index (χ2v) is 7.90. The van der Waals surface area contributed by atoms with Crippen LogP contribution in [-0.2, 0) is 21.2 Å². The molecular weight excluding hydrogens is 405 g/mol. The summed E-state index contributed by atoms with van der Waals surface area (Å²) in [5.74, 6) is -0.997. The van der Waals surface area contributed by atoms with Gasteiger partial charge in [-0.25, -0.2) is 17.9 Å². The molecule has 0 aliphatic heterocycles. The zero-order valence-corrected chi connectivity index (χ0v) is 16.0.